The third kappa shape index (κ3) is 2.06. The van der Waals surface area contributed by atoms with Gasteiger partial charge in [-0.15, -0.1) is 0 Å². The Hall–Kier alpha value is -2.99. The average molecular weight is 290 g/mol. The van der Waals surface area contributed by atoms with Crippen LogP contribution in [0.15, 0.2) is 55.2 Å². The van der Waals surface area contributed by atoms with Crippen molar-refractivity contribution in [1.82, 2.24) is 24.6 Å². The molecule has 6 heteroatoms. The van der Waals surface area contributed by atoms with Crippen LogP contribution in [0.2, 0.25) is 0 Å². The molecule has 4 rings (SSSR count). The number of benzene rings is 1. The Morgan fingerprint density at radius 3 is 2.59 bits per heavy atom. The zero-order valence-corrected chi connectivity index (χ0v) is 11.8. The monoisotopic (exact) mass is 290 g/mol. The smallest absolute Gasteiger partial charge is 0.155 e. The molecule has 4 aromatic rings. The number of nitrogens with two attached hydrogens (primary N) is 1. The van der Waals surface area contributed by atoms with E-state index in [4.69, 9.17) is 5.73 Å². The molecule has 0 aliphatic heterocycles. The molecule has 0 amide bonds. The summed E-state index contributed by atoms with van der Waals surface area (Å²) in [5.74, 6) is 0. The molecule has 0 unspecified atom stereocenters. The molecule has 3 aromatic heterocycles. The van der Waals surface area contributed by atoms with Crippen LogP contribution in [-0.2, 0) is 6.54 Å². The Balaban J connectivity index is 1.83. The molecular formula is C16H14N6. The van der Waals surface area contributed by atoms with Crippen molar-refractivity contribution in [2.45, 2.75) is 6.54 Å². The highest BCUT2D eigenvalue weighted by Crippen LogP contribution is 2.23. The molecule has 6 nitrogen and oxygen atoms in total. The van der Waals surface area contributed by atoms with Crippen molar-refractivity contribution in [3.05, 3.63) is 60.8 Å². The van der Waals surface area contributed by atoms with Crippen LogP contribution in [0.5, 0.6) is 0 Å². The van der Waals surface area contributed by atoms with Crippen LogP contribution in [-0.4, -0.2) is 24.6 Å². The van der Waals surface area contributed by atoms with Crippen molar-refractivity contribution in [3.63, 3.8) is 0 Å². The van der Waals surface area contributed by atoms with Gasteiger partial charge < -0.3 is 5.73 Å². The lowest BCUT2D eigenvalue weighted by Gasteiger charge is -2.05. The molecule has 108 valence electrons. The molecule has 3 N–H and O–H groups in total. The molecule has 0 atom stereocenters. The van der Waals surface area contributed by atoms with E-state index in [2.05, 4.69) is 20.2 Å². The van der Waals surface area contributed by atoms with Gasteiger partial charge in [0.25, 0.3) is 0 Å². The number of aromatic amines is 1. The van der Waals surface area contributed by atoms with Gasteiger partial charge in [0, 0.05) is 30.1 Å². The maximum atomic E-state index is 5.64. The molecule has 0 aliphatic rings. The molecule has 0 spiro atoms. The van der Waals surface area contributed by atoms with Crippen LogP contribution >= 0.6 is 0 Å². The standard InChI is InChI=1S/C16H14N6/c17-5-11-1-3-12(4-2-11)14-10-22-15(13-6-20-21-7-13)8-19-16(22)9-18-14/h1-4,6-10H,5,17H2,(H,20,21). The van der Waals surface area contributed by atoms with Gasteiger partial charge in [-0.05, 0) is 5.56 Å². The van der Waals surface area contributed by atoms with Gasteiger partial charge in [0.2, 0.25) is 0 Å². The summed E-state index contributed by atoms with van der Waals surface area (Å²) in [6.07, 6.45) is 9.21. The second-order valence-corrected chi connectivity index (χ2v) is 5.03. The second-order valence-electron chi connectivity index (χ2n) is 5.03. The molecule has 22 heavy (non-hydrogen) atoms. The van der Waals surface area contributed by atoms with Gasteiger partial charge in [-0.2, -0.15) is 5.10 Å². The van der Waals surface area contributed by atoms with Gasteiger partial charge in [-0.1, -0.05) is 24.3 Å². The SMILES string of the molecule is NCc1ccc(-c2cn3c(-c4cn[nH]c4)cnc3cn2)cc1. The molecule has 1 aromatic carbocycles. The summed E-state index contributed by atoms with van der Waals surface area (Å²) in [6, 6.07) is 8.10. The lowest BCUT2D eigenvalue weighted by molar-refractivity contribution is 1.07. The maximum absolute atomic E-state index is 5.64. The molecule has 0 bridgehead atoms. The maximum Gasteiger partial charge on any atom is 0.155 e. The zero-order chi connectivity index (χ0) is 14.9. The number of H-pyrrole nitrogens is 1. The van der Waals surface area contributed by atoms with E-state index in [9.17, 15) is 0 Å². The summed E-state index contributed by atoms with van der Waals surface area (Å²) in [6.45, 7) is 0.541. The summed E-state index contributed by atoms with van der Waals surface area (Å²) in [5.41, 5.74) is 11.4. The fourth-order valence-electron chi connectivity index (χ4n) is 2.45. The number of nitrogens with zero attached hydrogens (tertiary/aromatic N) is 4. The van der Waals surface area contributed by atoms with Gasteiger partial charge in [0.1, 0.15) is 0 Å². The van der Waals surface area contributed by atoms with E-state index in [0.717, 1.165) is 33.7 Å². The first-order valence-electron chi connectivity index (χ1n) is 6.97. The summed E-state index contributed by atoms with van der Waals surface area (Å²) in [4.78, 5) is 8.87. The minimum atomic E-state index is 0.541. The van der Waals surface area contributed by atoms with E-state index >= 15 is 0 Å². The quantitative estimate of drug-likeness (QED) is 0.606. The Bertz CT molecular complexity index is 906. The predicted octanol–water partition coefficient (Wildman–Crippen LogP) is 2.25. The van der Waals surface area contributed by atoms with Gasteiger partial charge >= 0.3 is 0 Å². The van der Waals surface area contributed by atoms with E-state index in [1.54, 1.807) is 12.4 Å². The van der Waals surface area contributed by atoms with Crippen LogP contribution in [0.25, 0.3) is 28.2 Å². The topological polar surface area (TPSA) is 84.9 Å². The number of hydrogen-bond donors (Lipinski definition) is 2. The van der Waals surface area contributed by atoms with Crippen LogP contribution in [0.3, 0.4) is 0 Å². The van der Waals surface area contributed by atoms with E-state index in [-0.39, 0.29) is 0 Å². The number of nitrogens with one attached hydrogen (secondary N) is 1. The van der Waals surface area contributed by atoms with Gasteiger partial charge in [0.05, 0.1) is 30.0 Å². The third-order valence-corrected chi connectivity index (χ3v) is 3.68. The Labute approximate surface area is 126 Å². The number of imidazole rings is 1. The van der Waals surface area contributed by atoms with Crippen molar-refractivity contribution < 1.29 is 0 Å². The van der Waals surface area contributed by atoms with Gasteiger partial charge in [-0.3, -0.25) is 14.5 Å². The molecule has 0 fully saturated rings. The average Bonchev–Trinajstić information content (AvgIpc) is 3.23. The van der Waals surface area contributed by atoms with Crippen molar-refractivity contribution in [1.29, 1.82) is 0 Å². The summed E-state index contributed by atoms with van der Waals surface area (Å²) in [7, 11) is 0. The lowest BCUT2D eigenvalue weighted by Crippen LogP contribution is -1.96. The van der Waals surface area contributed by atoms with Crippen molar-refractivity contribution >= 4 is 5.65 Å². The van der Waals surface area contributed by atoms with Crippen LogP contribution < -0.4 is 5.73 Å². The minimum absolute atomic E-state index is 0.541. The van der Waals surface area contributed by atoms with E-state index in [0.29, 0.717) is 6.54 Å². The summed E-state index contributed by atoms with van der Waals surface area (Å²) < 4.78 is 2.02. The number of hydrogen-bond acceptors (Lipinski definition) is 4. The molecule has 3 heterocycles. The first-order chi connectivity index (χ1) is 10.8. The second kappa shape index (κ2) is 5.09. The molecule has 0 radical (unpaired) electrons. The van der Waals surface area contributed by atoms with Gasteiger partial charge in [0.15, 0.2) is 5.65 Å². The highest BCUT2D eigenvalue weighted by Gasteiger charge is 2.09. The van der Waals surface area contributed by atoms with E-state index in [1.807, 2.05) is 47.3 Å². The normalized spacial score (nSPS) is 11.1. The number of fused-ring (bicyclic) bond motifs is 1. The summed E-state index contributed by atoms with van der Waals surface area (Å²) in [5, 5.41) is 6.81. The Kier molecular flexibility index (Phi) is 2.94. The van der Waals surface area contributed by atoms with Crippen molar-refractivity contribution in [3.8, 4) is 22.5 Å². The van der Waals surface area contributed by atoms with Gasteiger partial charge in [-0.25, -0.2) is 4.98 Å². The minimum Gasteiger partial charge on any atom is -0.326 e. The summed E-state index contributed by atoms with van der Waals surface area (Å²) >= 11 is 0. The molecule has 0 saturated carbocycles. The van der Waals surface area contributed by atoms with Crippen LogP contribution in [0.1, 0.15) is 5.56 Å². The third-order valence-electron chi connectivity index (χ3n) is 3.68. The first-order valence-corrected chi connectivity index (χ1v) is 6.97. The predicted molar refractivity (Wildman–Crippen MR) is 83.9 cm³/mol. The number of rotatable bonds is 3. The number of aromatic nitrogens is 5. The molecular weight excluding hydrogens is 276 g/mol. The largest absolute Gasteiger partial charge is 0.326 e. The fraction of sp³-hybridized carbons (Fsp3) is 0.0625. The van der Waals surface area contributed by atoms with E-state index in [1.165, 1.54) is 0 Å². The zero-order valence-electron chi connectivity index (χ0n) is 11.8. The van der Waals surface area contributed by atoms with Crippen molar-refractivity contribution in [2.75, 3.05) is 0 Å². The molecule has 0 saturated heterocycles. The van der Waals surface area contributed by atoms with Crippen molar-refractivity contribution in [2.24, 2.45) is 5.73 Å². The fourth-order valence-corrected chi connectivity index (χ4v) is 2.45. The highest BCUT2D eigenvalue weighted by molar-refractivity contribution is 5.65. The molecule has 0 aliphatic carbocycles. The van der Waals surface area contributed by atoms with E-state index < -0.39 is 0 Å². The van der Waals surface area contributed by atoms with Crippen LogP contribution in [0.4, 0.5) is 0 Å². The Morgan fingerprint density at radius 1 is 1.00 bits per heavy atom. The lowest BCUT2D eigenvalue weighted by atomic mass is 10.1. The first kappa shape index (κ1) is 12.7. The Morgan fingerprint density at radius 2 is 1.86 bits per heavy atom. The van der Waals surface area contributed by atoms with Crippen LogP contribution in [0, 0.1) is 0 Å². The highest BCUT2D eigenvalue weighted by atomic mass is 15.1.